The molecule has 3 saturated heterocycles. The third-order valence-corrected chi connectivity index (χ3v) is 10.4. The number of carbonyl (C=O) groups excluding carboxylic acids is 4. The van der Waals surface area contributed by atoms with Crippen molar-refractivity contribution in [2.24, 2.45) is 10.4 Å². The second kappa shape index (κ2) is 16.2. The van der Waals surface area contributed by atoms with Gasteiger partial charge >= 0.3 is 24.3 Å². The average Bonchev–Trinajstić information content (AvgIpc) is 3.59. The van der Waals surface area contributed by atoms with E-state index in [9.17, 15) is 19.2 Å². The van der Waals surface area contributed by atoms with E-state index in [1.165, 1.54) is 0 Å². The van der Waals surface area contributed by atoms with Crippen LogP contribution in [0, 0.1) is 5.41 Å². The first-order valence-electron chi connectivity index (χ1n) is 20.0. The number of carbonyl (C=O) groups is 4. The van der Waals surface area contributed by atoms with Gasteiger partial charge in [0.2, 0.25) is 5.96 Å². The predicted molar refractivity (Wildman–Crippen MR) is 209 cm³/mol. The lowest BCUT2D eigenvalue weighted by Crippen LogP contribution is -2.54. The number of aliphatic imine (C=N–C) groups is 1. The van der Waals surface area contributed by atoms with Crippen molar-refractivity contribution < 1.29 is 42.7 Å². The van der Waals surface area contributed by atoms with E-state index in [-0.39, 0.29) is 35.5 Å². The van der Waals surface area contributed by atoms with Crippen molar-refractivity contribution in [2.75, 3.05) is 26.2 Å². The Labute approximate surface area is 335 Å². The highest BCUT2D eigenvalue weighted by Gasteiger charge is 2.63. The fourth-order valence-corrected chi connectivity index (χ4v) is 7.67. The van der Waals surface area contributed by atoms with E-state index in [0.717, 1.165) is 24.8 Å². The van der Waals surface area contributed by atoms with Crippen LogP contribution < -0.4 is 5.32 Å². The van der Waals surface area contributed by atoms with E-state index < -0.39 is 35.1 Å². The van der Waals surface area contributed by atoms with Gasteiger partial charge in [-0.05, 0) is 105 Å². The molecule has 2 bridgehead atoms. The number of alkyl carbamates (subject to hydrolysis) is 1. The van der Waals surface area contributed by atoms with Crippen molar-refractivity contribution in [1.82, 2.24) is 30.2 Å². The van der Waals surface area contributed by atoms with Gasteiger partial charge in [-0.15, -0.1) is 4.99 Å². The van der Waals surface area contributed by atoms with Gasteiger partial charge in [0.25, 0.3) is 0 Å². The minimum Gasteiger partial charge on any atom is -0.444 e. The van der Waals surface area contributed by atoms with Crippen LogP contribution in [-0.2, 0) is 32.1 Å². The van der Waals surface area contributed by atoms with Crippen molar-refractivity contribution >= 4 is 30.3 Å². The minimum atomic E-state index is -0.847. The molecule has 16 nitrogen and oxygen atoms in total. The summed E-state index contributed by atoms with van der Waals surface area (Å²) in [5, 5.41) is 8.67. The number of benzene rings is 1. The van der Waals surface area contributed by atoms with E-state index in [1.54, 1.807) is 56.4 Å². The van der Waals surface area contributed by atoms with E-state index in [2.05, 4.69) is 15.5 Å². The molecule has 1 saturated carbocycles. The van der Waals surface area contributed by atoms with Crippen molar-refractivity contribution in [2.45, 2.75) is 142 Å². The normalized spacial score (nSPS) is 21.1. The van der Waals surface area contributed by atoms with Crippen LogP contribution in [0.15, 0.2) is 45.9 Å². The van der Waals surface area contributed by atoms with E-state index in [0.29, 0.717) is 63.5 Å². The molecule has 0 radical (unpaired) electrons. The molecule has 312 valence electrons. The fraction of sp³-hybridized carbons (Fsp3) is 0.659. The molecule has 3 aliphatic heterocycles. The third kappa shape index (κ3) is 10.8. The zero-order valence-electron chi connectivity index (χ0n) is 34.8. The van der Waals surface area contributed by atoms with Crippen molar-refractivity contribution in [3.63, 3.8) is 0 Å². The quantitative estimate of drug-likeness (QED) is 0.163. The lowest BCUT2D eigenvalue weighted by atomic mass is 9.84. The topological polar surface area (TPSA) is 169 Å². The highest BCUT2D eigenvalue weighted by atomic mass is 16.7. The zero-order valence-corrected chi connectivity index (χ0v) is 34.8. The predicted octanol–water partition coefficient (Wildman–Crippen LogP) is 7.20. The molecular formula is C41H59N7O9. The minimum absolute atomic E-state index is 0.00195. The zero-order chi connectivity index (χ0) is 41.3. The molecular weight excluding hydrogens is 734 g/mol. The molecule has 1 aromatic heterocycles. The van der Waals surface area contributed by atoms with Gasteiger partial charge in [-0.2, -0.15) is 5.06 Å². The molecule has 5 amide bonds. The Hall–Kier alpha value is -4.86. The van der Waals surface area contributed by atoms with Gasteiger partial charge in [0, 0.05) is 44.7 Å². The van der Waals surface area contributed by atoms with Crippen LogP contribution in [0.1, 0.15) is 117 Å². The Morgan fingerprint density at radius 1 is 0.947 bits per heavy atom. The Morgan fingerprint density at radius 3 is 2.21 bits per heavy atom. The van der Waals surface area contributed by atoms with E-state index >= 15 is 0 Å². The van der Waals surface area contributed by atoms with Crippen LogP contribution in [0.25, 0.3) is 0 Å². The molecule has 4 fully saturated rings. The highest BCUT2D eigenvalue weighted by molar-refractivity contribution is 5.99. The maximum atomic E-state index is 13.7. The molecule has 2 atom stereocenters. The highest BCUT2D eigenvalue weighted by Crippen LogP contribution is 2.61. The molecule has 1 aromatic carbocycles. The SMILES string of the molecule is CC(C)(C)OC(=O)/N=C(\NC(=O)OC(C)(C)C)N1CCC(N(CCc2cc([C@@H]3CC4(CC4)[C@@H]4CN3C(=O)N4OCc3ccccc3)no2)C(=O)OC(C)(C)C)CC1. The number of hydrogen-bond acceptors (Lipinski definition) is 10. The largest absolute Gasteiger partial charge is 0.444 e. The lowest BCUT2D eigenvalue weighted by Gasteiger charge is -2.39. The van der Waals surface area contributed by atoms with Crippen LogP contribution in [0.5, 0.6) is 0 Å². The van der Waals surface area contributed by atoms with Gasteiger partial charge in [0.15, 0.2) is 0 Å². The molecule has 16 heteroatoms. The number of nitrogens with zero attached hydrogens (tertiary/aromatic N) is 6. The second-order valence-corrected chi connectivity index (χ2v) is 18.5. The number of fused-ring (bicyclic) bond motifs is 3. The third-order valence-electron chi connectivity index (χ3n) is 10.4. The summed E-state index contributed by atoms with van der Waals surface area (Å²) < 4.78 is 22.5. The summed E-state index contributed by atoms with van der Waals surface area (Å²) in [5.74, 6) is 0.611. The fourth-order valence-electron chi connectivity index (χ4n) is 7.67. The van der Waals surface area contributed by atoms with Crippen molar-refractivity contribution in [1.29, 1.82) is 0 Å². The van der Waals surface area contributed by atoms with Crippen molar-refractivity contribution in [3.05, 3.63) is 53.4 Å². The van der Waals surface area contributed by atoms with Crippen LogP contribution >= 0.6 is 0 Å². The average molecular weight is 794 g/mol. The number of hydroxylamine groups is 2. The van der Waals surface area contributed by atoms with Gasteiger partial charge in [-0.3, -0.25) is 10.2 Å². The van der Waals surface area contributed by atoms with Crippen LogP contribution in [0.3, 0.4) is 0 Å². The van der Waals surface area contributed by atoms with Crippen LogP contribution in [0.2, 0.25) is 0 Å². The number of urea groups is 1. The number of piperidine rings is 2. The Morgan fingerprint density at radius 2 is 1.60 bits per heavy atom. The summed E-state index contributed by atoms with van der Waals surface area (Å²) in [6, 6.07) is 11.1. The smallest absolute Gasteiger partial charge is 0.437 e. The number of amides is 5. The summed E-state index contributed by atoms with van der Waals surface area (Å²) in [6.45, 7) is 17.8. The number of hydrogen-bond donors (Lipinski definition) is 1. The maximum Gasteiger partial charge on any atom is 0.437 e. The van der Waals surface area contributed by atoms with Crippen LogP contribution in [-0.4, -0.2) is 110 Å². The molecule has 4 heterocycles. The van der Waals surface area contributed by atoms with Crippen molar-refractivity contribution in [3.8, 4) is 0 Å². The Bertz CT molecular complexity index is 1800. The summed E-state index contributed by atoms with van der Waals surface area (Å²) >= 11 is 0. The number of nitrogens with one attached hydrogen (secondary N) is 1. The number of ether oxygens (including phenoxy) is 3. The molecule has 6 rings (SSSR count). The molecule has 0 unspecified atom stereocenters. The molecule has 1 N–H and O–H groups in total. The maximum absolute atomic E-state index is 13.7. The van der Waals surface area contributed by atoms with Gasteiger partial charge in [-0.1, -0.05) is 35.5 Å². The summed E-state index contributed by atoms with van der Waals surface area (Å²) in [5.41, 5.74) is -0.590. The van der Waals surface area contributed by atoms with E-state index in [4.69, 9.17) is 23.6 Å². The van der Waals surface area contributed by atoms with Gasteiger partial charge in [-0.25, -0.2) is 19.2 Å². The first kappa shape index (κ1) is 41.8. The van der Waals surface area contributed by atoms with Gasteiger partial charge in [0.1, 0.15) is 34.9 Å². The second-order valence-electron chi connectivity index (χ2n) is 18.5. The lowest BCUT2D eigenvalue weighted by molar-refractivity contribution is -0.153. The monoisotopic (exact) mass is 793 g/mol. The summed E-state index contributed by atoms with van der Waals surface area (Å²) in [6.07, 6.45) is 2.15. The molecule has 2 aromatic rings. The first-order chi connectivity index (χ1) is 26.7. The standard InChI is InChI=1S/C41H59N7O9/c1-38(2,3)54-34(49)42-33(43-35(50)55-39(4,5)6)45-20-15-28(16-21-45)46(37(52)56-40(7,8)9)22-17-29-23-30(44-57-29)31-24-41(18-19-41)32-25-47(31)36(51)48(32)53-26-27-13-11-10-12-14-27/h10-14,23,28,31-32H,15-22,24-26H2,1-9H3,(H,42,43,49,50)/t31-,32-/m0/s1. The first-order valence-corrected chi connectivity index (χ1v) is 20.0. The van der Waals surface area contributed by atoms with E-state index in [1.807, 2.05) is 62.1 Å². The summed E-state index contributed by atoms with van der Waals surface area (Å²) in [4.78, 5) is 68.5. The number of rotatable bonds is 8. The molecule has 57 heavy (non-hydrogen) atoms. The van der Waals surface area contributed by atoms with Gasteiger partial charge < -0.3 is 33.4 Å². The van der Waals surface area contributed by atoms with Gasteiger partial charge in [0.05, 0.1) is 12.1 Å². The number of aromatic nitrogens is 1. The summed E-state index contributed by atoms with van der Waals surface area (Å²) in [7, 11) is 0. The number of guanidine groups is 1. The Balaban J connectivity index is 1.12. The Kier molecular flexibility index (Phi) is 11.9. The number of likely N-dealkylation sites (tertiary alicyclic amines) is 1. The van der Waals surface area contributed by atoms with Crippen LogP contribution in [0.4, 0.5) is 19.2 Å². The molecule has 4 aliphatic rings. The molecule has 1 spiro atoms. The molecule has 1 aliphatic carbocycles.